The van der Waals surface area contributed by atoms with Crippen LogP contribution in [0.15, 0.2) is 23.6 Å². The number of aryl methyl sites for hydroxylation is 2. The highest BCUT2D eigenvalue weighted by atomic mass is 32.1. The third-order valence-electron chi connectivity index (χ3n) is 2.28. The minimum Gasteiger partial charge on any atom is -0.148 e. The summed E-state index contributed by atoms with van der Waals surface area (Å²) in [7, 11) is 0. The predicted octanol–water partition coefficient (Wildman–Crippen LogP) is 3.77. The molecule has 0 saturated carbocycles. The highest BCUT2D eigenvalue weighted by Crippen LogP contribution is 2.28. The molecule has 12 heavy (non-hydrogen) atoms. The van der Waals surface area contributed by atoms with Crippen LogP contribution >= 0.6 is 11.3 Å². The van der Waals surface area contributed by atoms with Gasteiger partial charge in [-0.3, -0.25) is 0 Å². The van der Waals surface area contributed by atoms with Gasteiger partial charge in [0.15, 0.2) is 0 Å². The summed E-state index contributed by atoms with van der Waals surface area (Å²) >= 11 is 1.85. The van der Waals surface area contributed by atoms with E-state index in [-0.39, 0.29) is 0 Å². The van der Waals surface area contributed by atoms with Crippen LogP contribution in [-0.2, 0) is 6.42 Å². The van der Waals surface area contributed by atoms with Crippen LogP contribution < -0.4 is 0 Å². The Hall–Kier alpha value is -0.820. The van der Waals surface area contributed by atoms with Gasteiger partial charge in [-0.1, -0.05) is 25.1 Å². The molecule has 62 valence electrons. The molecule has 0 amide bonds. The maximum atomic E-state index is 2.24. The predicted molar refractivity (Wildman–Crippen MR) is 55.9 cm³/mol. The van der Waals surface area contributed by atoms with Crippen LogP contribution in [0.2, 0.25) is 0 Å². The summed E-state index contributed by atoms with van der Waals surface area (Å²) < 4.78 is 0. The zero-order valence-electron chi connectivity index (χ0n) is 7.42. The normalized spacial score (nSPS) is 10.8. The average molecular weight is 176 g/mol. The van der Waals surface area contributed by atoms with Crippen molar-refractivity contribution >= 4 is 22.1 Å². The lowest BCUT2D eigenvalue weighted by Gasteiger charge is -1.99. The van der Waals surface area contributed by atoms with Crippen molar-refractivity contribution in [2.75, 3.05) is 0 Å². The highest BCUT2D eigenvalue weighted by molar-refractivity contribution is 7.11. The second-order valence-corrected chi connectivity index (χ2v) is 4.11. The molecule has 0 N–H and O–H groups in total. The van der Waals surface area contributed by atoms with Crippen molar-refractivity contribution in [3.8, 4) is 0 Å². The van der Waals surface area contributed by atoms with E-state index in [1.165, 1.54) is 21.2 Å². The number of fused-ring (bicyclic) bond motifs is 1. The Morgan fingerprint density at radius 1 is 1.33 bits per heavy atom. The van der Waals surface area contributed by atoms with Gasteiger partial charge < -0.3 is 0 Å². The number of rotatable bonds is 1. The van der Waals surface area contributed by atoms with Gasteiger partial charge in [0.1, 0.15) is 0 Å². The van der Waals surface area contributed by atoms with Gasteiger partial charge in [0.25, 0.3) is 0 Å². The zero-order chi connectivity index (χ0) is 8.55. The molecule has 0 saturated heterocycles. The molecule has 0 aliphatic heterocycles. The lowest BCUT2D eigenvalue weighted by atomic mass is 10.1. The summed E-state index contributed by atoms with van der Waals surface area (Å²) in [5.41, 5.74) is 1.48. The van der Waals surface area contributed by atoms with Gasteiger partial charge in [-0.25, -0.2) is 0 Å². The fourth-order valence-corrected chi connectivity index (χ4v) is 2.52. The molecule has 0 atom stereocenters. The van der Waals surface area contributed by atoms with Crippen molar-refractivity contribution in [3.05, 3.63) is 34.0 Å². The number of benzene rings is 1. The van der Waals surface area contributed by atoms with E-state index in [9.17, 15) is 0 Å². The average Bonchev–Trinajstić information content (AvgIpc) is 2.48. The maximum Gasteiger partial charge on any atom is 0.00955 e. The second kappa shape index (κ2) is 2.91. The molecule has 0 aliphatic carbocycles. The van der Waals surface area contributed by atoms with E-state index in [1.807, 2.05) is 11.3 Å². The van der Waals surface area contributed by atoms with Gasteiger partial charge in [-0.15, -0.1) is 11.3 Å². The van der Waals surface area contributed by atoms with Crippen molar-refractivity contribution in [2.24, 2.45) is 0 Å². The maximum absolute atomic E-state index is 2.24. The molecule has 0 nitrogen and oxygen atoms in total. The van der Waals surface area contributed by atoms with E-state index in [0.717, 1.165) is 6.42 Å². The Bertz CT molecular complexity index is 398. The number of thiophene rings is 1. The summed E-state index contributed by atoms with van der Waals surface area (Å²) in [6, 6.07) is 6.56. The van der Waals surface area contributed by atoms with Crippen LogP contribution in [0.4, 0.5) is 0 Å². The fraction of sp³-hybridized carbons (Fsp3) is 0.273. The van der Waals surface area contributed by atoms with Crippen molar-refractivity contribution in [2.45, 2.75) is 20.3 Å². The standard InChI is InChI=1S/C11H12S/c1-3-9-5-4-6-10-7-12-8(2)11(9)10/h4-7H,3H2,1-2H3. The van der Waals surface area contributed by atoms with Gasteiger partial charge in [-0.05, 0) is 35.1 Å². The van der Waals surface area contributed by atoms with E-state index in [4.69, 9.17) is 0 Å². The molecule has 0 unspecified atom stereocenters. The first-order chi connectivity index (χ1) is 5.83. The monoisotopic (exact) mass is 176 g/mol. The molecule has 1 heterocycles. The first kappa shape index (κ1) is 7.81. The molecule has 0 spiro atoms. The Morgan fingerprint density at radius 2 is 2.17 bits per heavy atom. The van der Waals surface area contributed by atoms with Gasteiger partial charge in [-0.2, -0.15) is 0 Å². The van der Waals surface area contributed by atoms with Crippen molar-refractivity contribution < 1.29 is 0 Å². The molecular weight excluding hydrogens is 164 g/mol. The third-order valence-corrected chi connectivity index (χ3v) is 3.21. The topological polar surface area (TPSA) is 0 Å². The van der Waals surface area contributed by atoms with E-state index in [1.54, 1.807) is 0 Å². The smallest absolute Gasteiger partial charge is 0.00955 e. The van der Waals surface area contributed by atoms with Gasteiger partial charge in [0.2, 0.25) is 0 Å². The SMILES string of the molecule is CCc1cccc2csc(C)c12. The minimum atomic E-state index is 1.13. The number of hydrogen-bond acceptors (Lipinski definition) is 1. The van der Waals surface area contributed by atoms with Crippen molar-refractivity contribution in [1.29, 1.82) is 0 Å². The van der Waals surface area contributed by atoms with Gasteiger partial charge >= 0.3 is 0 Å². The molecule has 0 radical (unpaired) electrons. The Morgan fingerprint density at radius 3 is 2.92 bits per heavy atom. The summed E-state index contributed by atoms with van der Waals surface area (Å²) in [6.07, 6.45) is 1.13. The summed E-state index contributed by atoms with van der Waals surface area (Å²) in [5.74, 6) is 0. The van der Waals surface area contributed by atoms with Gasteiger partial charge in [0.05, 0.1) is 0 Å². The van der Waals surface area contributed by atoms with Crippen molar-refractivity contribution in [1.82, 2.24) is 0 Å². The Labute approximate surface area is 76.8 Å². The van der Waals surface area contributed by atoms with Crippen LogP contribution in [0.25, 0.3) is 10.8 Å². The third kappa shape index (κ3) is 1.05. The first-order valence-corrected chi connectivity index (χ1v) is 5.16. The first-order valence-electron chi connectivity index (χ1n) is 4.28. The minimum absolute atomic E-state index is 1.13. The Balaban J connectivity index is 2.84. The lowest BCUT2D eigenvalue weighted by molar-refractivity contribution is 1.16. The molecule has 0 aliphatic rings. The van der Waals surface area contributed by atoms with Crippen LogP contribution in [0.5, 0.6) is 0 Å². The molecule has 2 aromatic rings. The summed E-state index contributed by atoms with van der Waals surface area (Å²) in [6.45, 7) is 4.41. The molecular formula is C11H12S. The van der Waals surface area contributed by atoms with Gasteiger partial charge in [0, 0.05) is 4.88 Å². The molecule has 1 aromatic carbocycles. The molecule has 0 bridgehead atoms. The summed E-state index contributed by atoms with van der Waals surface area (Å²) in [5, 5.41) is 5.12. The van der Waals surface area contributed by atoms with E-state index < -0.39 is 0 Å². The second-order valence-electron chi connectivity index (χ2n) is 3.03. The van der Waals surface area contributed by atoms with Crippen LogP contribution in [0.3, 0.4) is 0 Å². The fourth-order valence-electron chi connectivity index (χ4n) is 1.65. The van der Waals surface area contributed by atoms with E-state index >= 15 is 0 Å². The zero-order valence-corrected chi connectivity index (χ0v) is 8.24. The molecule has 0 fully saturated rings. The molecule has 1 aromatic heterocycles. The quantitative estimate of drug-likeness (QED) is 0.620. The lowest BCUT2D eigenvalue weighted by Crippen LogP contribution is -1.80. The molecule has 1 heteroatoms. The van der Waals surface area contributed by atoms with Crippen LogP contribution in [0, 0.1) is 6.92 Å². The Kier molecular flexibility index (Phi) is 1.89. The van der Waals surface area contributed by atoms with Crippen molar-refractivity contribution in [3.63, 3.8) is 0 Å². The van der Waals surface area contributed by atoms with Crippen LogP contribution in [-0.4, -0.2) is 0 Å². The van der Waals surface area contributed by atoms with E-state index in [0.29, 0.717) is 0 Å². The summed E-state index contributed by atoms with van der Waals surface area (Å²) in [4.78, 5) is 1.45. The molecule has 2 rings (SSSR count). The highest BCUT2D eigenvalue weighted by Gasteiger charge is 2.02. The number of hydrogen-bond donors (Lipinski definition) is 0. The largest absolute Gasteiger partial charge is 0.148 e. The van der Waals surface area contributed by atoms with E-state index in [2.05, 4.69) is 37.4 Å². The van der Waals surface area contributed by atoms with Crippen LogP contribution in [0.1, 0.15) is 17.4 Å².